The Kier molecular flexibility index (Phi) is 31.4. The molecule has 17 N–H and O–H groups in total. The van der Waals surface area contributed by atoms with Crippen LogP contribution in [0, 0.1) is 29.6 Å². The van der Waals surface area contributed by atoms with Gasteiger partial charge in [0.1, 0.15) is 118 Å². The van der Waals surface area contributed by atoms with Gasteiger partial charge in [-0.1, -0.05) is 18.2 Å². The van der Waals surface area contributed by atoms with Gasteiger partial charge in [-0.15, -0.1) is 0 Å². The van der Waals surface area contributed by atoms with Crippen LogP contribution in [0.15, 0.2) is 36.5 Å². The van der Waals surface area contributed by atoms with Crippen molar-refractivity contribution < 1.29 is 182 Å². The van der Waals surface area contributed by atoms with Gasteiger partial charge >= 0.3 is 29.8 Å². The Morgan fingerprint density at radius 1 is 0.398 bits per heavy atom. The zero-order valence-electron chi connectivity index (χ0n) is 59.9. The number of carbonyl (C=O) groups is 5. The van der Waals surface area contributed by atoms with E-state index in [1.807, 2.05) is 0 Å². The lowest BCUT2D eigenvalue weighted by atomic mass is 9.72. The second-order valence-electron chi connectivity index (χ2n) is 30.1. The van der Waals surface area contributed by atoms with Crippen LogP contribution in [0.4, 0.5) is 0 Å². The van der Waals surface area contributed by atoms with Gasteiger partial charge in [-0.25, -0.2) is 14.4 Å². The van der Waals surface area contributed by atoms with Crippen molar-refractivity contribution in [1.29, 1.82) is 0 Å². The maximum atomic E-state index is 13.7. The molecule has 0 aromatic heterocycles. The molecule has 5 heterocycles. The molecule has 0 amide bonds. The number of methoxy groups -OCH3 is 2. The van der Waals surface area contributed by atoms with Gasteiger partial charge in [-0.3, -0.25) is 9.59 Å². The maximum absolute atomic E-state index is 13.7. The first-order chi connectivity index (χ1) is 51.5. The third-order valence-corrected chi connectivity index (χ3v) is 22.7. The highest BCUT2D eigenvalue weighted by atomic mass is 16.8. The Morgan fingerprint density at radius 3 is 1.43 bits per heavy atom. The molecule has 614 valence electrons. The summed E-state index contributed by atoms with van der Waals surface area (Å²) in [6.07, 6.45) is -36.1. The first kappa shape index (κ1) is 85.9. The van der Waals surface area contributed by atoms with E-state index in [4.69, 9.17) is 76.2 Å². The smallest absolute Gasteiger partial charge is 0.330 e. The zero-order chi connectivity index (χ0) is 77.9. The number of hydrogen-bond donors (Lipinski definition) is 17. The van der Waals surface area contributed by atoms with Gasteiger partial charge in [-0.2, -0.15) is 0 Å². The van der Waals surface area contributed by atoms with E-state index in [0.717, 1.165) is 12.2 Å². The van der Waals surface area contributed by atoms with E-state index in [0.29, 0.717) is 64.2 Å². The Labute approximate surface area is 621 Å². The number of aliphatic carboxylic acids is 1. The largest absolute Gasteiger partial charge is 0.481 e. The van der Waals surface area contributed by atoms with Crippen molar-refractivity contribution in [2.45, 2.75) is 305 Å². The molecule has 5 aliphatic carbocycles. The quantitative estimate of drug-likeness (QED) is 0.0158. The number of ether oxygens (including phenoxy) is 15. The van der Waals surface area contributed by atoms with Crippen LogP contribution in [0.1, 0.15) is 109 Å². The summed E-state index contributed by atoms with van der Waals surface area (Å²) in [5.74, 6) is -7.60. The average Bonchev–Trinajstić information content (AvgIpc) is 0.764. The number of fused-ring (bicyclic) bond motifs is 1. The molecule has 0 aromatic rings. The van der Waals surface area contributed by atoms with Crippen LogP contribution in [0.2, 0.25) is 0 Å². The summed E-state index contributed by atoms with van der Waals surface area (Å²) >= 11 is 0. The Balaban J connectivity index is 0.842. The second-order valence-corrected chi connectivity index (χ2v) is 30.1. The second kappa shape index (κ2) is 39.5. The lowest BCUT2D eigenvalue weighted by Crippen LogP contribution is -2.66. The normalized spacial score (nSPS) is 45.5. The average molecular weight is 1550 g/mol. The molecule has 0 radical (unpaired) electrons. The molecule has 35 atom stereocenters. The van der Waals surface area contributed by atoms with E-state index in [-0.39, 0.29) is 62.4 Å². The minimum absolute atomic E-state index is 0.0309. The van der Waals surface area contributed by atoms with Crippen molar-refractivity contribution in [3.05, 3.63) is 36.5 Å². The number of hydrogen-bond acceptors (Lipinski definition) is 36. The fourth-order valence-electron chi connectivity index (χ4n) is 16.3. The lowest BCUT2D eigenvalue weighted by molar-refractivity contribution is -0.380. The van der Waals surface area contributed by atoms with Gasteiger partial charge in [0.05, 0.1) is 79.9 Å². The highest BCUT2D eigenvalue weighted by molar-refractivity contribution is 5.90. The summed E-state index contributed by atoms with van der Waals surface area (Å²) < 4.78 is 89.0. The van der Waals surface area contributed by atoms with E-state index in [1.54, 1.807) is 12.2 Å². The van der Waals surface area contributed by atoms with Gasteiger partial charge in [-0.05, 0) is 120 Å². The zero-order valence-corrected chi connectivity index (χ0v) is 59.9. The van der Waals surface area contributed by atoms with Crippen molar-refractivity contribution >= 4 is 29.8 Å². The maximum Gasteiger partial charge on any atom is 0.330 e. The summed E-state index contributed by atoms with van der Waals surface area (Å²) in [5.41, 5.74) is 0. The van der Waals surface area contributed by atoms with Crippen molar-refractivity contribution in [1.82, 2.24) is 0 Å². The molecule has 5 saturated heterocycles. The number of aliphatic hydroxyl groups excluding tert-OH is 16. The Bertz CT molecular complexity index is 2970. The van der Waals surface area contributed by atoms with E-state index >= 15 is 0 Å². The number of rotatable bonds is 27. The summed E-state index contributed by atoms with van der Waals surface area (Å²) in [6, 6.07) is 0. The Hall–Kier alpha value is -4.51. The first-order valence-electron chi connectivity index (χ1n) is 37.2. The van der Waals surface area contributed by atoms with Crippen molar-refractivity contribution in [3.63, 3.8) is 0 Å². The monoisotopic (exact) mass is 1550 g/mol. The highest BCUT2D eigenvalue weighted by Gasteiger charge is 2.58. The minimum atomic E-state index is -2.16. The van der Waals surface area contributed by atoms with Crippen LogP contribution in [-0.4, -0.2) is 353 Å². The molecule has 0 bridgehead atoms. The molecular weight excluding hydrogens is 1440 g/mol. The van der Waals surface area contributed by atoms with E-state index in [2.05, 4.69) is 0 Å². The van der Waals surface area contributed by atoms with Crippen LogP contribution in [-0.2, 0) is 95.0 Å². The van der Waals surface area contributed by atoms with Crippen LogP contribution in [0.25, 0.3) is 0 Å². The van der Waals surface area contributed by atoms with Crippen LogP contribution < -0.4 is 0 Å². The van der Waals surface area contributed by atoms with Gasteiger partial charge in [0.25, 0.3) is 0 Å². The lowest BCUT2D eigenvalue weighted by Gasteiger charge is -2.53. The van der Waals surface area contributed by atoms with Gasteiger partial charge < -0.3 is 158 Å². The number of carboxylic acids is 1. The summed E-state index contributed by atoms with van der Waals surface area (Å²) in [5, 5.41) is 186. The molecule has 108 heavy (non-hydrogen) atoms. The number of carboxylic acid groups (broad SMARTS) is 1. The third kappa shape index (κ3) is 21.9. The third-order valence-electron chi connectivity index (χ3n) is 22.7. The molecule has 37 heteroatoms. The fourth-order valence-corrected chi connectivity index (χ4v) is 16.3. The topological polar surface area (TPSA) is 568 Å². The van der Waals surface area contributed by atoms with Gasteiger partial charge in [0, 0.05) is 44.8 Å². The molecule has 0 spiro atoms. The molecule has 37 nitrogen and oxygen atoms in total. The summed E-state index contributed by atoms with van der Waals surface area (Å²) in [6.45, 7) is -3.02. The SMILES string of the molecule is COC1CC(C=CC(=O)OCC2OC(OC3CCC(C=CC(=O)OCC4OC(OC5CC6C(OC7OC(COC(=O)CC(=O)O)C(O)C(O)C7O)CC(O)CC6OC5C5CCC(O)C(O)C5)C(OC5OC(CO)C(O)C(O)C5OC(=O)C=CC5CCC(O)C(OC)C5)C(O)C4O)CC3)C(O)C(O)C2O)CCC1O. The standard InChI is InChI=1S/C71H108O37/c1-94-43-19-31(5-13-38(43)75)8-17-52(81)96-27-47-56(85)59(88)63(92)68(104-47)99-35-11-3-30(4-12-35)7-16-51(80)97-28-49-58(87)62(91)67(108-71-66(61(90)55(84)46(26-72)103-71)107-53(82)18-9-32-6-14-39(76)44(20-32)95-2)70(106-49)102-45-24-36-41(100-65(45)33-10-15-37(74)40(77)21-33)22-34(73)23-42(36)101-69-64(93)60(89)57(86)48(105-69)29-98-54(83)25-50(78)79/h7-9,16-18,30-49,55-77,84-93H,3-6,10-15,19-29H2,1-2H3,(H,78,79). The molecule has 35 unspecified atom stereocenters. The summed E-state index contributed by atoms with van der Waals surface area (Å²) in [4.78, 5) is 63.4. The van der Waals surface area contributed by atoms with Crippen LogP contribution >= 0.6 is 0 Å². The molecule has 10 aliphatic rings. The number of esters is 4. The van der Waals surface area contributed by atoms with Crippen molar-refractivity contribution in [2.24, 2.45) is 29.6 Å². The molecule has 10 rings (SSSR count). The number of allylic oxidation sites excluding steroid dienone is 3. The van der Waals surface area contributed by atoms with Crippen LogP contribution in [0.5, 0.6) is 0 Å². The number of carbonyl (C=O) groups excluding carboxylic acids is 4. The van der Waals surface area contributed by atoms with Crippen LogP contribution in [0.3, 0.4) is 0 Å². The molecule has 0 aromatic carbocycles. The predicted octanol–water partition coefficient (Wildman–Crippen LogP) is -5.29. The van der Waals surface area contributed by atoms with Crippen molar-refractivity contribution in [3.8, 4) is 0 Å². The molecular formula is C71H108O37. The number of aliphatic hydroxyl groups is 16. The highest BCUT2D eigenvalue weighted by Crippen LogP contribution is 2.46. The molecule has 10 fully saturated rings. The Morgan fingerprint density at radius 2 is 0.870 bits per heavy atom. The minimum Gasteiger partial charge on any atom is -0.481 e. The molecule has 5 saturated carbocycles. The fraction of sp³-hybridized carbons (Fsp3) is 0.845. The van der Waals surface area contributed by atoms with E-state index in [9.17, 15) is 106 Å². The van der Waals surface area contributed by atoms with E-state index in [1.165, 1.54) is 26.4 Å². The van der Waals surface area contributed by atoms with Gasteiger partial charge in [0.2, 0.25) is 0 Å². The van der Waals surface area contributed by atoms with Gasteiger partial charge in [0.15, 0.2) is 31.3 Å². The summed E-state index contributed by atoms with van der Waals surface area (Å²) in [7, 11) is 2.93. The first-order valence-corrected chi connectivity index (χ1v) is 37.2. The predicted molar refractivity (Wildman–Crippen MR) is 355 cm³/mol. The molecule has 5 aliphatic heterocycles. The van der Waals surface area contributed by atoms with Crippen molar-refractivity contribution in [2.75, 3.05) is 40.6 Å². The van der Waals surface area contributed by atoms with E-state index < -0.39 is 264 Å².